The lowest BCUT2D eigenvalue weighted by Crippen LogP contribution is -2.34. The van der Waals surface area contributed by atoms with Crippen molar-refractivity contribution < 1.29 is 9.59 Å². The molecule has 24 heavy (non-hydrogen) atoms. The van der Waals surface area contributed by atoms with Crippen molar-refractivity contribution in [3.63, 3.8) is 0 Å². The summed E-state index contributed by atoms with van der Waals surface area (Å²) in [6.45, 7) is 1.83. The molecule has 0 atom stereocenters. The number of nitrogens with zero attached hydrogens (tertiary/aromatic N) is 2. The highest BCUT2D eigenvalue weighted by atomic mass is 79.9. The lowest BCUT2D eigenvalue weighted by molar-refractivity contribution is -0.122. The van der Waals surface area contributed by atoms with Crippen molar-refractivity contribution in [2.75, 3.05) is 23.9 Å². The molecule has 6 nitrogen and oxygen atoms in total. The Kier molecular flexibility index (Phi) is 7.53. The minimum atomic E-state index is -0.264. The molecule has 0 aliphatic heterocycles. The Bertz CT molecular complexity index is 739. The molecule has 1 aromatic carbocycles. The average Bonchev–Trinajstić information content (AvgIpc) is 3.02. The largest absolute Gasteiger partial charge is 0.346 e. The van der Waals surface area contributed by atoms with Gasteiger partial charge in [-0.1, -0.05) is 50.8 Å². The number of rotatable bonds is 7. The van der Waals surface area contributed by atoms with Gasteiger partial charge in [-0.25, -0.2) is 0 Å². The number of aryl methyl sites for hydroxylation is 1. The Balaban J connectivity index is 1.73. The monoisotopic (exact) mass is 446 g/mol. The Morgan fingerprint density at radius 3 is 2.67 bits per heavy atom. The SMILES string of the molecule is CSc1nnc(SCC(=O)NCC(=O)Nc2ccc(Br)cc2C)s1. The van der Waals surface area contributed by atoms with Gasteiger partial charge in [0.25, 0.3) is 0 Å². The second-order valence-electron chi connectivity index (χ2n) is 4.61. The lowest BCUT2D eigenvalue weighted by Gasteiger charge is -2.09. The van der Waals surface area contributed by atoms with Crippen LogP contribution in [0.4, 0.5) is 5.69 Å². The molecule has 0 bridgehead atoms. The fourth-order valence-corrected chi connectivity index (χ4v) is 4.40. The Labute approximate surface area is 160 Å². The molecule has 2 aromatic rings. The molecule has 2 rings (SSSR count). The van der Waals surface area contributed by atoms with Crippen LogP contribution in [-0.2, 0) is 9.59 Å². The van der Waals surface area contributed by atoms with Crippen LogP contribution < -0.4 is 10.6 Å². The van der Waals surface area contributed by atoms with Crippen LogP contribution in [0.25, 0.3) is 0 Å². The van der Waals surface area contributed by atoms with Gasteiger partial charge in [-0.15, -0.1) is 10.2 Å². The van der Waals surface area contributed by atoms with E-state index in [0.29, 0.717) is 0 Å². The molecule has 2 N–H and O–H groups in total. The maximum atomic E-state index is 11.9. The second kappa shape index (κ2) is 9.40. The van der Waals surface area contributed by atoms with E-state index in [-0.39, 0.29) is 24.1 Å². The van der Waals surface area contributed by atoms with E-state index in [0.717, 1.165) is 24.4 Å². The van der Waals surface area contributed by atoms with E-state index in [1.165, 1.54) is 34.9 Å². The lowest BCUT2D eigenvalue weighted by atomic mass is 10.2. The summed E-state index contributed by atoms with van der Waals surface area (Å²) in [4.78, 5) is 23.7. The van der Waals surface area contributed by atoms with Gasteiger partial charge >= 0.3 is 0 Å². The minimum absolute atomic E-state index is 0.0684. The van der Waals surface area contributed by atoms with Crippen molar-refractivity contribution in [3.8, 4) is 0 Å². The Hall–Kier alpha value is -1.10. The van der Waals surface area contributed by atoms with Gasteiger partial charge in [0.1, 0.15) is 0 Å². The van der Waals surface area contributed by atoms with Crippen LogP contribution in [0.1, 0.15) is 5.56 Å². The van der Waals surface area contributed by atoms with Crippen LogP contribution in [0, 0.1) is 6.92 Å². The Morgan fingerprint density at radius 2 is 2.00 bits per heavy atom. The number of aromatic nitrogens is 2. The molecule has 0 fully saturated rings. The Morgan fingerprint density at radius 1 is 1.25 bits per heavy atom. The number of halogens is 1. The van der Waals surface area contributed by atoms with Crippen LogP contribution in [0.15, 0.2) is 31.4 Å². The van der Waals surface area contributed by atoms with E-state index in [9.17, 15) is 9.59 Å². The zero-order valence-corrected chi connectivity index (χ0v) is 17.0. The topological polar surface area (TPSA) is 84.0 Å². The smallest absolute Gasteiger partial charge is 0.243 e. The molecule has 0 aliphatic rings. The van der Waals surface area contributed by atoms with Crippen LogP contribution in [0.2, 0.25) is 0 Å². The highest BCUT2D eigenvalue weighted by Crippen LogP contribution is 2.27. The third-order valence-electron chi connectivity index (χ3n) is 2.80. The van der Waals surface area contributed by atoms with E-state index >= 15 is 0 Å². The third-order valence-corrected chi connectivity index (χ3v) is 6.32. The number of amides is 2. The zero-order valence-electron chi connectivity index (χ0n) is 13.0. The van der Waals surface area contributed by atoms with Crippen LogP contribution >= 0.6 is 50.8 Å². The summed E-state index contributed by atoms with van der Waals surface area (Å²) in [5, 5.41) is 13.3. The number of benzene rings is 1. The van der Waals surface area contributed by atoms with Gasteiger partial charge in [-0.2, -0.15) is 0 Å². The number of hydrogen-bond acceptors (Lipinski definition) is 7. The number of carbonyl (C=O) groups excluding carboxylic acids is 2. The van der Waals surface area contributed by atoms with Gasteiger partial charge in [0.05, 0.1) is 12.3 Å². The molecule has 0 saturated heterocycles. The fraction of sp³-hybridized carbons (Fsp3) is 0.286. The predicted molar refractivity (Wildman–Crippen MR) is 103 cm³/mol. The molecule has 10 heteroatoms. The predicted octanol–water partition coefficient (Wildman–Crippen LogP) is 3.18. The van der Waals surface area contributed by atoms with Gasteiger partial charge in [0.15, 0.2) is 8.68 Å². The molecular weight excluding hydrogens is 432 g/mol. The third kappa shape index (κ3) is 6.08. The van der Waals surface area contributed by atoms with E-state index < -0.39 is 0 Å². The van der Waals surface area contributed by atoms with E-state index in [2.05, 4.69) is 36.8 Å². The van der Waals surface area contributed by atoms with Gasteiger partial charge < -0.3 is 10.6 Å². The number of nitrogens with one attached hydrogen (secondary N) is 2. The van der Waals surface area contributed by atoms with Gasteiger partial charge in [-0.3, -0.25) is 9.59 Å². The van der Waals surface area contributed by atoms with Crippen molar-refractivity contribution in [3.05, 3.63) is 28.2 Å². The fourth-order valence-electron chi connectivity index (χ4n) is 1.66. The normalized spacial score (nSPS) is 10.5. The molecule has 0 spiro atoms. The van der Waals surface area contributed by atoms with Crippen molar-refractivity contribution in [1.82, 2.24) is 15.5 Å². The first-order valence-electron chi connectivity index (χ1n) is 6.81. The highest BCUT2D eigenvalue weighted by molar-refractivity contribution is 9.10. The number of anilines is 1. The molecule has 0 saturated carbocycles. The second-order valence-corrected chi connectivity index (χ2v) is 8.78. The van der Waals surface area contributed by atoms with E-state index in [4.69, 9.17) is 0 Å². The first-order chi connectivity index (χ1) is 11.5. The molecule has 2 amide bonds. The molecule has 0 unspecified atom stereocenters. The number of thioether (sulfide) groups is 2. The molecule has 128 valence electrons. The maximum absolute atomic E-state index is 11.9. The van der Waals surface area contributed by atoms with Crippen LogP contribution in [-0.4, -0.2) is 40.6 Å². The first kappa shape index (κ1) is 19.2. The zero-order chi connectivity index (χ0) is 17.5. The van der Waals surface area contributed by atoms with E-state index in [1.54, 1.807) is 0 Å². The minimum Gasteiger partial charge on any atom is -0.346 e. The quantitative estimate of drug-likeness (QED) is 0.635. The number of carbonyl (C=O) groups is 2. The number of hydrogen-bond donors (Lipinski definition) is 2. The first-order valence-corrected chi connectivity index (χ1v) is 10.6. The summed E-state index contributed by atoms with van der Waals surface area (Å²) < 4.78 is 2.55. The van der Waals surface area contributed by atoms with Crippen molar-refractivity contribution in [2.24, 2.45) is 0 Å². The van der Waals surface area contributed by atoms with Crippen LogP contribution in [0.3, 0.4) is 0 Å². The van der Waals surface area contributed by atoms with Gasteiger partial charge in [-0.05, 0) is 36.9 Å². The van der Waals surface area contributed by atoms with Crippen molar-refractivity contribution in [1.29, 1.82) is 0 Å². The standard InChI is InChI=1S/C14H15BrN4O2S3/c1-8-5-9(15)3-4-10(8)17-11(20)6-16-12(21)7-23-14-19-18-13(22-2)24-14/h3-5H,6-7H2,1-2H3,(H,16,21)(H,17,20). The summed E-state index contributed by atoms with van der Waals surface area (Å²) in [7, 11) is 0. The summed E-state index contributed by atoms with van der Waals surface area (Å²) >= 11 is 7.64. The van der Waals surface area contributed by atoms with Crippen LogP contribution in [0.5, 0.6) is 0 Å². The molecule has 1 aromatic heterocycles. The maximum Gasteiger partial charge on any atom is 0.243 e. The molecular formula is C14H15BrN4O2S3. The van der Waals surface area contributed by atoms with Gasteiger partial charge in [0, 0.05) is 10.2 Å². The summed E-state index contributed by atoms with van der Waals surface area (Å²) in [6.07, 6.45) is 1.92. The molecule has 0 aliphatic carbocycles. The van der Waals surface area contributed by atoms with Gasteiger partial charge in [0.2, 0.25) is 11.8 Å². The molecule has 1 heterocycles. The summed E-state index contributed by atoms with van der Waals surface area (Å²) in [6, 6.07) is 5.58. The van der Waals surface area contributed by atoms with Crippen molar-refractivity contribution >= 4 is 68.3 Å². The van der Waals surface area contributed by atoms with E-state index in [1.807, 2.05) is 31.4 Å². The van der Waals surface area contributed by atoms with Crippen molar-refractivity contribution in [2.45, 2.75) is 15.6 Å². The highest BCUT2D eigenvalue weighted by Gasteiger charge is 2.10. The summed E-state index contributed by atoms with van der Waals surface area (Å²) in [5.41, 5.74) is 1.67. The molecule has 0 radical (unpaired) electrons. The summed E-state index contributed by atoms with van der Waals surface area (Å²) in [5.74, 6) is -0.281. The average molecular weight is 447 g/mol.